The van der Waals surface area contributed by atoms with Gasteiger partial charge in [-0.25, -0.2) is 5.43 Å². The maximum Gasteiger partial charge on any atom is 0.243 e. The van der Waals surface area contributed by atoms with Crippen LogP contribution in [-0.4, -0.2) is 11.6 Å². The van der Waals surface area contributed by atoms with Crippen LogP contribution in [0.2, 0.25) is 0 Å². The fraction of sp³-hybridized carbons (Fsp3) is 0.222. The zero-order valence-electron chi connectivity index (χ0n) is 12.0. The largest absolute Gasteiger partial charge is 0.273 e. The lowest BCUT2D eigenvalue weighted by molar-refractivity contribution is -0.122. The molecule has 0 saturated heterocycles. The van der Waals surface area contributed by atoms with Crippen molar-refractivity contribution in [3.63, 3.8) is 0 Å². The monoisotopic (exact) mass is 278 g/mol. The van der Waals surface area contributed by atoms with E-state index in [0.29, 0.717) is 5.92 Å². The van der Waals surface area contributed by atoms with Crippen LogP contribution in [0.4, 0.5) is 0 Å². The zero-order chi connectivity index (χ0) is 14.7. The highest BCUT2D eigenvalue weighted by Gasteiger charge is 2.43. The van der Waals surface area contributed by atoms with Crippen LogP contribution in [0.25, 0.3) is 0 Å². The van der Waals surface area contributed by atoms with Crippen LogP contribution >= 0.6 is 0 Å². The van der Waals surface area contributed by atoms with E-state index >= 15 is 0 Å². The predicted molar refractivity (Wildman–Crippen MR) is 84.1 cm³/mol. The van der Waals surface area contributed by atoms with Crippen LogP contribution in [0, 0.1) is 5.92 Å². The molecule has 0 heterocycles. The first-order chi connectivity index (χ1) is 10.3. The molecule has 0 bridgehead atoms. The molecule has 2 aromatic carbocycles. The van der Waals surface area contributed by atoms with Crippen LogP contribution in [0.5, 0.6) is 0 Å². The summed E-state index contributed by atoms with van der Waals surface area (Å²) in [6.07, 6.45) is 0.912. The number of carbonyl (C=O) groups excluding carboxylic acids is 1. The fourth-order valence-electron chi connectivity index (χ4n) is 2.52. The average molecular weight is 278 g/mol. The van der Waals surface area contributed by atoms with Gasteiger partial charge in [0, 0.05) is 5.92 Å². The molecule has 3 heteroatoms. The summed E-state index contributed by atoms with van der Waals surface area (Å²) in [5.74, 6) is 0.414. The van der Waals surface area contributed by atoms with Crippen molar-refractivity contribution in [2.24, 2.45) is 11.0 Å². The third-order valence-electron chi connectivity index (χ3n) is 3.88. The Labute approximate surface area is 124 Å². The molecular weight excluding hydrogens is 260 g/mol. The van der Waals surface area contributed by atoms with Gasteiger partial charge in [0.2, 0.25) is 5.91 Å². The lowest BCUT2D eigenvalue weighted by Crippen LogP contribution is -2.21. The minimum Gasteiger partial charge on any atom is -0.273 e. The highest BCUT2D eigenvalue weighted by atomic mass is 16.2. The molecule has 1 aliphatic rings. The van der Waals surface area contributed by atoms with Crippen molar-refractivity contribution >= 4 is 11.6 Å². The molecule has 1 amide bonds. The number of hydrogen-bond acceptors (Lipinski definition) is 2. The minimum atomic E-state index is 0.0131. The van der Waals surface area contributed by atoms with Gasteiger partial charge in [-0.3, -0.25) is 4.79 Å². The summed E-state index contributed by atoms with van der Waals surface area (Å²) in [7, 11) is 0. The summed E-state index contributed by atoms with van der Waals surface area (Å²) >= 11 is 0. The molecule has 0 spiro atoms. The van der Waals surface area contributed by atoms with Crippen LogP contribution in [0.1, 0.15) is 30.4 Å². The molecule has 1 fully saturated rings. The highest BCUT2D eigenvalue weighted by Crippen LogP contribution is 2.47. The van der Waals surface area contributed by atoms with Gasteiger partial charge in [-0.05, 0) is 30.4 Å². The standard InChI is InChI=1S/C18H18N2O/c1-13(14-8-4-2-5-9-14)19-20-18(21)17-12-16(17)15-10-6-3-7-11-15/h2-11,16-17H,12H2,1H3,(H,20,21)/b19-13+/t16-,17-/m1/s1. The Morgan fingerprint density at radius 2 is 1.67 bits per heavy atom. The van der Waals surface area contributed by atoms with E-state index in [4.69, 9.17) is 0 Å². The Morgan fingerprint density at radius 1 is 1.05 bits per heavy atom. The van der Waals surface area contributed by atoms with Crippen molar-refractivity contribution in [2.45, 2.75) is 19.3 Å². The van der Waals surface area contributed by atoms with Crippen molar-refractivity contribution in [3.8, 4) is 0 Å². The quantitative estimate of drug-likeness (QED) is 0.676. The molecule has 2 atom stereocenters. The topological polar surface area (TPSA) is 41.5 Å². The average Bonchev–Trinajstić information content (AvgIpc) is 3.35. The summed E-state index contributed by atoms with van der Waals surface area (Å²) in [5, 5.41) is 4.20. The van der Waals surface area contributed by atoms with Crippen LogP contribution < -0.4 is 5.43 Å². The number of nitrogens with one attached hydrogen (secondary N) is 1. The van der Waals surface area contributed by atoms with Gasteiger partial charge in [0.15, 0.2) is 0 Å². The third kappa shape index (κ3) is 3.19. The molecule has 3 nitrogen and oxygen atoms in total. The van der Waals surface area contributed by atoms with E-state index in [1.54, 1.807) is 0 Å². The molecule has 1 saturated carbocycles. The number of nitrogens with zero attached hydrogens (tertiary/aromatic N) is 1. The van der Waals surface area contributed by atoms with E-state index in [9.17, 15) is 4.79 Å². The lowest BCUT2D eigenvalue weighted by Gasteiger charge is -2.03. The van der Waals surface area contributed by atoms with E-state index < -0.39 is 0 Å². The van der Waals surface area contributed by atoms with Gasteiger partial charge < -0.3 is 0 Å². The van der Waals surface area contributed by atoms with E-state index in [0.717, 1.165) is 17.7 Å². The second-order valence-electron chi connectivity index (χ2n) is 5.40. The summed E-state index contributed by atoms with van der Waals surface area (Å²) < 4.78 is 0. The van der Waals surface area contributed by atoms with Crippen LogP contribution in [0.3, 0.4) is 0 Å². The van der Waals surface area contributed by atoms with Gasteiger partial charge in [0.05, 0.1) is 5.71 Å². The molecule has 1 aliphatic carbocycles. The Hall–Kier alpha value is -2.42. The maximum absolute atomic E-state index is 12.1. The Kier molecular flexibility index (Phi) is 3.82. The maximum atomic E-state index is 12.1. The van der Waals surface area contributed by atoms with E-state index in [-0.39, 0.29) is 11.8 Å². The Bertz CT molecular complexity index is 649. The van der Waals surface area contributed by atoms with Gasteiger partial charge in [-0.1, -0.05) is 60.7 Å². The van der Waals surface area contributed by atoms with E-state index in [2.05, 4.69) is 22.7 Å². The SMILES string of the molecule is C/C(=N\NC(=O)[C@@H]1C[C@@H]1c1ccccc1)c1ccccc1. The molecule has 0 unspecified atom stereocenters. The summed E-state index contributed by atoms with van der Waals surface area (Å²) in [6.45, 7) is 1.90. The Balaban J connectivity index is 1.59. The van der Waals surface area contributed by atoms with E-state index in [1.807, 2.05) is 55.5 Å². The van der Waals surface area contributed by atoms with E-state index in [1.165, 1.54) is 5.56 Å². The Morgan fingerprint density at radius 3 is 2.33 bits per heavy atom. The molecule has 0 aliphatic heterocycles. The predicted octanol–water partition coefficient (Wildman–Crippen LogP) is 3.33. The molecule has 2 aromatic rings. The number of amides is 1. The number of hydrazone groups is 1. The number of rotatable bonds is 4. The van der Waals surface area contributed by atoms with Crippen LogP contribution in [-0.2, 0) is 4.79 Å². The molecule has 21 heavy (non-hydrogen) atoms. The van der Waals surface area contributed by atoms with Crippen molar-refractivity contribution in [2.75, 3.05) is 0 Å². The van der Waals surface area contributed by atoms with Gasteiger partial charge in [-0.2, -0.15) is 5.10 Å². The molecule has 3 rings (SSSR count). The fourth-order valence-corrected chi connectivity index (χ4v) is 2.52. The normalized spacial score (nSPS) is 20.9. The summed E-state index contributed by atoms with van der Waals surface area (Å²) in [6, 6.07) is 20.0. The number of carbonyl (C=O) groups is 1. The second-order valence-corrected chi connectivity index (χ2v) is 5.40. The van der Waals surface area contributed by atoms with Gasteiger partial charge >= 0.3 is 0 Å². The minimum absolute atomic E-state index is 0.0131. The molecule has 0 radical (unpaired) electrons. The lowest BCUT2D eigenvalue weighted by atomic mass is 10.1. The van der Waals surface area contributed by atoms with Crippen molar-refractivity contribution in [3.05, 3.63) is 71.8 Å². The molecule has 0 aromatic heterocycles. The first-order valence-corrected chi connectivity index (χ1v) is 7.20. The van der Waals surface area contributed by atoms with Crippen molar-refractivity contribution in [1.29, 1.82) is 0 Å². The number of benzene rings is 2. The van der Waals surface area contributed by atoms with Crippen molar-refractivity contribution < 1.29 is 4.79 Å². The van der Waals surface area contributed by atoms with Gasteiger partial charge in [-0.15, -0.1) is 0 Å². The van der Waals surface area contributed by atoms with Crippen molar-refractivity contribution in [1.82, 2.24) is 5.43 Å². The summed E-state index contributed by atoms with van der Waals surface area (Å²) in [4.78, 5) is 12.1. The van der Waals surface area contributed by atoms with Gasteiger partial charge in [0.25, 0.3) is 0 Å². The molecule has 1 N–H and O–H groups in total. The highest BCUT2D eigenvalue weighted by molar-refractivity contribution is 5.99. The molecular formula is C18H18N2O. The zero-order valence-corrected chi connectivity index (χ0v) is 12.0. The number of hydrogen-bond donors (Lipinski definition) is 1. The molecule has 106 valence electrons. The summed E-state index contributed by atoms with van der Waals surface area (Å²) in [5.41, 5.74) is 5.77. The first-order valence-electron chi connectivity index (χ1n) is 7.20. The third-order valence-corrected chi connectivity index (χ3v) is 3.88. The first kappa shape index (κ1) is 13.6. The second kappa shape index (κ2) is 5.92. The van der Waals surface area contributed by atoms with Crippen LogP contribution in [0.15, 0.2) is 65.8 Å². The van der Waals surface area contributed by atoms with Gasteiger partial charge in [0.1, 0.15) is 0 Å². The smallest absolute Gasteiger partial charge is 0.243 e.